The van der Waals surface area contributed by atoms with Crippen LogP contribution in [0.15, 0.2) is 36.5 Å². The molecule has 1 aromatic heterocycles. The van der Waals surface area contributed by atoms with Gasteiger partial charge in [-0.1, -0.05) is 24.3 Å². The maximum absolute atomic E-state index is 2.23. The third kappa shape index (κ3) is 1.18. The average molecular weight is 201 g/mol. The van der Waals surface area contributed by atoms with Crippen molar-refractivity contribution in [1.82, 2.24) is 4.57 Å². The van der Waals surface area contributed by atoms with Gasteiger partial charge >= 0.3 is 0 Å². The second-order valence-corrected chi connectivity index (χ2v) is 4.51. The number of para-hydroxylation sites is 1. The van der Waals surface area contributed by atoms with Crippen molar-refractivity contribution in [3.63, 3.8) is 0 Å². The molecule has 0 spiro atoms. The fourth-order valence-electron chi connectivity index (χ4n) is 1.93. The summed E-state index contributed by atoms with van der Waals surface area (Å²) in [5, 5.41) is 1.34. The quantitative estimate of drug-likeness (QED) is 0.632. The van der Waals surface area contributed by atoms with Crippen molar-refractivity contribution in [3.05, 3.63) is 42.1 Å². The van der Waals surface area contributed by atoms with Crippen LogP contribution in [0.3, 0.4) is 0 Å². The number of benzene rings is 1. The molecular formula is C12H11NS. The normalized spacial score (nSPS) is 17.7. The Morgan fingerprint density at radius 3 is 3.21 bits per heavy atom. The molecule has 1 aliphatic heterocycles. The summed E-state index contributed by atoms with van der Waals surface area (Å²) < 4.78 is 2.23. The van der Waals surface area contributed by atoms with E-state index in [0.29, 0.717) is 0 Å². The first kappa shape index (κ1) is 8.18. The number of aromatic nitrogens is 1. The first-order valence-electron chi connectivity index (χ1n) is 4.78. The molecule has 70 valence electrons. The number of nitrogens with zero attached hydrogens (tertiary/aromatic N) is 1. The highest BCUT2D eigenvalue weighted by Gasteiger charge is 2.06. The van der Waals surface area contributed by atoms with E-state index in [4.69, 9.17) is 0 Å². The standard InChI is InChI=1S/C12H11NS/c1-3-10-5-7-13-6-2-8-14-9-11(4-1)12(10)13/h1-7H,8-9H2/b6-2-. The summed E-state index contributed by atoms with van der Waals surface area (Å²) >= 11 is 1.97. The molecule has 0 radical (unpaired) electrons. The lowest BCUT2D eigenvalue weighted by Crippen LogP contribution is -1.93. The molecule has 1 nitrogen and oxygen atoms in total. The molecule has 0 aliphatic carbocycles. The lowest BCUT2D eigenvalue weighted by atomic mass is 10.2. The topological polar surface area (TPSA) is 4.93 Å². The van der Waals surface area contributed by atoms with Crippen LogP contribution in [-0.4, -0.2) is 10.3 Å². The number of hydrogen-bond acceptors (Lipinski definition) is 1. The van der Waals surface area contributed by atoms with Gasteiger partial charge in [-0.05, 0) is 11.6 Å². The summed E-state index contributed by atoms with van der Waals surface area (Å²) in [7, 11) is 0. The third-order valence-electron chi connectivity index (χ3n) is 2.56. The molecule has 0 atom stereocenters. The molecule has 0 N–H and O–H groups in total. The van der Waals surface area contributed by atoms with Gasteiger partial charge in [0.2, 0.25) is 0 Å². The summed E-state index contributed by atoms with van der Waals surface area (Å²) in [6, 6.07) is 8.73. The van der Waals surface area contributed by atoms with Gasteiger partial charge in [0.05, 0.1) is 5.52 Å². The van der Waals surface area contributed by atoms with E-state index in [1.165, 1.54) is 16.5 Å². The monoisotopic (exact) mass is 201 g/mol. The molecule has 0 saturated carbocycles. The molecule has 2 heteroatoms. The average Bonchev–Trinajstić information content (AvgIpc) is 2.57. The van der Waals surface area contributed by atoms with Crippen LogP contribution in [0.25, 0.3) is 17.1 Å². The maximum atomic E-state index is 2.23. The number of thioether (sulfide) groups is 1. The zero-order valence-corrected chi connectivity index (χ0v) is 8.63. The van der Waals surface area contributed by atoms with E-state index in [1.807, 2.05) is 11.8 Å². The molecule has 0 bridgehead atoms. The molecule has 2 aromatic rings. The van der Waals surface area contributed by atoms with Crippen LogP contribution in [0.1, 0.15) is 5.56 Å². The Balaban J connectivity index is 2.38. The summed E-state index contributed by atoms with van der Waals surface area (Å²) in [6.07, 6.45) is 6.53. The minimum absolute atomic E-state index is 1.11. The van der Waals surface area contributed by atoms with Crippen LogP contribution >= 0.6 is 11.8 Å². The van der Waals surface area contributed by atoms with Gasteiger partial charge in [-0.15, -0.1) is 0 Å². The van der Waals surface area contributed by atoms with Gasteiger partial charge in [0.1, 0.15) is 0 Å². The van der Waals surface area contributed by atoms with Crippen LogP contribution in [0.2, 0.25) is 0 Å². The smallest absolute Gasteiger partial charge is 0.0562 e. The van der Waals surface area contributed by atoms with Crippen LogP contribution < -0.4 is 0 Å². The fraction of sp³-hybridized carbons (Fsp3) is 0.167. The fourth-order valence-corrected chi connectivity index (χ4v) is 2.72. The van der Waals surface area contributed by atoms with Crippen LogP contribution in [0.5, 0.6) is 0 Å². The second-order valence-electron chi connectivity index (χ2n) is 3.48. The predicted molar refractivity (Wildman–Crippen MR) is 63.4 cm³/mol. The van der Waals surface area contributed by atoms with Gasteiger partial charge in [0.15, 0.2) is 0 Å². The summed E-state index contributed by atoms with van der Waals surface area (Å²) in [4.78, 5) is 0. The van der Waals surface area contributed by atoms with Gasteiger partial charge in [0.25, 0.3) is 0 Å². The van der Waals surface area contributed by atoms with Gasteiger partial charge in [0, 0.05) is 29.3 Å². The zero-order valence-electron chi connectivity index (χ0n) is 7.81. The van der Waals surface area contributed by atoms with Crippen molar-refractivity contribution in [3.8, 4) is 0 Å². The van der Waals surface area contributed by atoms with Gasteiger partial charge in [-0.25, -0.2) is 0 Å². The van der Waals surface area contributed by atoms with Gasteiger partial charge in [-0.3, -0.25) is 0 Å². The molecule has 0 unspecified atom stereocenters. The second kappa shape index (κ2) is 3.21. The lowest BCUT2D eigenvalue weighted by molar-refractivity contribution is 1.20. The Morgan fingerprint density at radius 1 is 1.21 bits per heavy atom. The van der Waals surface area contributed by atoms with Crippen molar-refractivity contribution in [1.29, 1.82) is 0 Å². The molecule has 2 heterocycles. The highest BCUT2D eigenvalue weighted by molar-refractivity contribution is 7.98. The molecule has 14 heavy (non-hydrogen) atoms. The van der Waals surface area contributed by atoms with E-state index >= 15 is 0 Å². The minimum atomic E-state index is 1.11. The molecule has 0 saturated heterocycles. The third-order valence-corrected chi connectivity index (χ3v) is 3.50. The van der Waals surface area contributed by atoms with Crippen molar-refractivity contribution < 1.29 is 0 Å². The Kier molecular flexibility index (Phi) is 1.88. The molecule has 0 amide bonds. The maximum Gasteiger partial charge on any atom is 0.0562 e. The predicted octanol–water partition coefficient (Wildman–Crippen LogP) is 3.36. The van der Waals surface area contributed by atoms with Crippen LogP contribution in [-0.2, 0) is 5.75 Å². The Morgan fingerprint density at radius 2 is 2.21 bits per heavy atom. The van der Waals surface area contributed by atoms with E-state index in [-0.39, 0.29) is 0 Å². The van der Waals surface area contributed by atoms with E-state index in [1.54, 1.807) is 0 Å². The van der Waals surface area contributed by atoms with Crippen LogP contribution in [0, 0.1) is 0 Å². The minimum Gasteiger partial charge on any atom is -0.323 e. The van der Waals surface area contributed by atoms with Crippen molar-refractivity contribution in [2.45, 2.75) is 5.75 Å². The highest BCUT2D eigenvalue weighted by atomic mass is 32.2. The van der Waals surface area contributed by atoms with Gasteiger partial charge < -0.3 is 4.57 Å². The molecule has 3 rings (SSSR count). The van der Waals surface area contributed by atoms with Gasteiger partial charge in [-0.2, -0.15) is 11.8 Å². The SMILES string of the molecule is C1=C\n2ccc3cccc(c32)CSC/1. The molecule has 1 aromatic carbocycles. The Labute approximate surface area is 87.4 Å². The summed E-state index contributed by atoms with van der Waals surface area (Å²) in [6.45, 7) is 0. The first-order chi connectivity index (χ1) is 6.95. The Hall–Kier alpha value is -1.15. The van der Waals surface area contributed by atoms with Crippen LogP contribution in [0.4, 0.5) is 0 Å². The summed E-state index contributed by atoms with van der Waals surface area (Å²) in [5.41, 5.74) is 2.82. The Bertz CT molecular complexity index is 496. The number of hydrogen-bond donors (Lipinski definition) is 0. The first-order valence-corrected chi connectivity index (χ1v) is 5.93. The lowest BCUT2D eigenvalue weighted by Gasteiger charge is -2.08. The van der Waals surface area contributed by atoms with E-state index in [2.05, 4.69) is 47.3 Å². The van der Waals surface area contributed by atoms with E-state index < -0.39 is 0 Å². The number of rotatable bonds is 0. The van der Waals surface area contributed by atoms with Crippen molar-refractivity contribution in [2.24, 2.45) is 0 Å². The highest BCUT2D eigenvalue weighted by Crippen LogP contribution is 2.25. The zero-order chi connectivity index (χ0) is 9.38. The molecule has 1 aliphatic rings. The summed E-state index contributed by atoms with van der Waals surface area (Å²) in [5.74, 6) is 2.22. The molecular weight excluding hydrogens is 190 g/mol. The van der Waals surface area contributed by atoms with Crippen molar-refractivity contribution in [2.75, 3.05) is 5.75 Å². The molecule has 0 fully saturated rings. The largest absolute Gasteiger partial charge is 0.323 e. The van der Waals surface area contributed by atoms with E-state index in [0.717, 1.165) is 11.5 Å². The van der Waals surface area contributed by atoms with Crippen molar-refractivity contribution >= 4 is 28.9 Å². The van der Waals surface area contributed by atoms with E-state index in [9.17, 15) is 0 Å².